The third-order valence-corrected chi connectivity index (χ3v) is 1.08. The van der Waals surface area contributed by atoms with Crippen LogP contribution in [0.2, 0.25) is 0 Å². The fraction of sp³-hybridized carbons (Fsp3) is 0.286. The SMILES string of the molecule is COC(=O)C=CC(=[N+]=[N-])C(=O)OC. The van der Waals surface area contributed by atoms with E-state index < -0.39 is 11.9 Å². The van der Waals surface area contributed by atoms with Crippen molar-refractivity contribution in [3.05, 3.63) is 17.7 Å². The first-order valence-corrected chi connectivity index (χ1v) is 3.22. The van der Waals surface area contributed by atoms with Crippen molar-refractivity contribution in [2.45, 2.75) is 0 Å². The predicted octanol–water partition coefficient (Wildman–Crippen LogP) is -0.441. The first-order chi connectivity index (χ1) is 6.15. The van der Waals surface area contributed by atoms with Crippen molar-refractivity contribution in [2.24, 2.45) is 0 Å². The minimum absolute atomic E-state index is 0.382. The van der Waals surface area contributed by atoms with E-state index in [1.54, 1.807) is 0 Å². The summed E-state index contributed by atoms with van der Waals surface area (Å²) >= 11 is 0. The molecule has 0 rings (SSSR count). The van der Waals surface area contributed by atoms with E-state index in [1.165, 1.54) is 7.11 Å². The first-order valence-electron chi connectivity index (χ1n) is 3.22. The van der Waals surface area contributed by atoms with E-state index in [-0.39, 0.29) is 5.71 Å². The van der Waals surface area contributed by atoms with E-state index in [0.717, 1.165) is 19.3 Å². The molecule has 0 spiro atoms. The highest BCUT2D eigenvalue weighted by Gasteiger charge is 2.16. The molecule has 0 saturated heterocycles. The molecule has 13 heavy (non-hydrogen) atoms. The summed E-state index contributed by atoms with van der Waals surface area (Å²) in [5.41, 5.74) is 7.92. The van der Waals surface area contributed by atoms with E-state index in [4.69, 9.17) is 5.53 Å². The molecule has 0 saturated carbocycles. The molecule has 0 atom stereocenters. The molecule has 0 aromatic heterocycles. The molecular weight excluding hydrogens is 176 g/mol. The summed E-state index contributed by atoms with van der Waals surface area (Å²) in [5.74, 6) is -1.51. The van der Waals surface area contributed by atoms with Gasteiger partial charge >= 0.3 is 17.7 Å². The smallest absolute Gasteiger partial charge is 0.421 e. The molecule has 0 aliphatic carbocycles. The van der Waals surface area contributed by atoms with Crippen LogP contribution in [-0.4, -0.2) is 36.7 Å². The van der Waals surface area contributed by atoms with Gasteiger partial charge in [-0.2, -0.15) is 4.79 Å². The highest BCUT2D eigenvalue weighted by atomic mass is 16.5. The van der Waals surface area contributed by atoms with Gasteiger partial charge in [0.25, 0.3) is 0 Å². The van der Waals surface area contributed by atoms with E-state index >= 15 is 0 Å². The molecule has 0 aliphatic rings. The summed E-state index contributed by atoms with van der Waals surface area (Å²) < 4.78 is 8.48. The molecule has 0 aromatic rings. The maximum atomic E-state index is 10.7. The summed E-state index contributed by atoms with van der Waals surface area (Å²) in [6.07, 6.45) is 1.92. The number of hydrogen-bond donors (Lipinski definition) is 0. The Morgan fingerprint density at radius 2 is 1.85 bits per heavy atom. The van der Waals surface area contributed by atoms with Crippen molar-refractivity contribution in [1.82, 2.24) is 0 Å². The molecule has 0 heterocycles. The van der Waals surface area contributed by atoms with Gasteiger partial charge in [-0.15, -0.1) is 0 Å². The molecule has 0 unspecified atom stereocenters. The Morgan fingerprint density at radius 1 is 1.23 bits per heavy atom. The van der Waals surface area contributed by atoms with Crippen LogP contribution in [0.5, 0.6) is 0 Å². The molecule has 0 N–H and O–H groups in total. The Hall–Kier alpha value is -1.94. The highest BCUT2D eigenvalue weighted by molar-refractivity contribution is 6.39. The van der Waals surface area contributed by atoms with Gasteiger partial charge in [0.1, 0.15) is 0 Å². The molecule has 0 fully saturated rings. The van der Waals surface area contributed by atoms with E-state index in [0.29, 0.717) is 0 Å². The lowest BCUT2D eigenvalue weighted by molar-refractivity contribution is -0.137. The van der Waals surface area contributed by atoms with Gasteiger partial charge < -0.3 is 15.0 Å². The lowest BCUT2D eigenvalue weighted by atomic mass is 10.3. The third kappa shape index (κ3) is 3.83. The number of carbonyl (C=O) groups excluding carboxylic acids is 2. The monoisotopic (exact) mass is 184 g/mol. The van der Waals surface area contributed by atoms with Crippen molar-refractivity contribution in [3.63, 3.8) is 0 Å². The molecule has 0 aromatic carbocycles. The number of methoxy groups -OCH3 is 2. The Bertz CT molecular complexity index is 289. The molecular formula is C7H8N2O4. The second kappa shape index (κ2) is 5.68. The van der Waals surface area contributed by atoms with Crippen molar-refractivity contribution in [1.29, 1.82) is 0 Å². The number of carbonyl (C=O) groups is 2. The van der Waals surface area contributed by atoms with Gasteiger partial charge in [0.15, 0.2) is 0 Å². The Labute approximate surface area is 74.4 Å². The van der Waals surface area contributed by atoms with Crippen LogP contribution < -0.4 is 0 Å². The van der Waals surface area contributed by atoms with E-state index in [9.17, 15) is 9.59 Å². The fourth-order valence-electron chi connectivity index (χ4n) is 0.462. The number of hydrogen-bond acceptors (Lipinski definition) is 4. The summed E-state index contributed by atoms with van der Waals surface area (Å²) in [5, 5.41) is 0. The molecule has 70 valence electrons. The lowest BCUT2D eigenvalue weighted by Gasteiger charge is -1.88. The van der Waals surface area contributed by atoms with Gasteiger partial charge in [-0.25, -0.2) is 9.59 Å². The number of esters is 2. The predicted molar refractivity (Wildman–Crippen MR) is 41.8 cm³/mol. The van der Waals surface area contributed by atoms with Crippen molar-refractivity contribution in [2.75, 3.05) is 14.2 Å². The minimum atomic E-state index is -0.845. The zero-order valence-corrected chi connectivity index (χ0v) is 7.18. The molecule has 0 aliphatic heterocycles. The second-order valence-corrected chi connectivity index (χ2v) is 1.83. The number of nitrogens with zero attached hydrogens (tertiary/aromatic N) is 2. The van der Waals surface area contributed by atoms with E-state index in [2.05, 4.69) is 14.3 Å². The van der Waals surface area contributed by atoms with E-state index in [1.807, 2.05) is 0 Å². The van der Waals surface area contributed by atoms with Crippen molar-refractivity contribution in [3.8, 4) is 0 Å². The normalized spacial score (nSPS) is 9.08. The zero-order chi connectivity index (χ0) is 10.3. The Morgan fingerprint density at radius 3 is 2.23 bits per heavy atom. The van der Waals surface area contributed by atoms with Crippen LogP contribution in [-0.2, 0) is 19.1 Å². The van der Waals surface area contributed by atoms with Crippen LogP contribution in [0, 0.1) is 0 Å². The number of ether oxygens (including phenoxy) is 2. The average molecular weight is 184 g/mol. The topological polar surface area (TPSA) is 89.0 Å². The standard InChI is InChI=1S/C7H8N2O4/c1-12-6(10)4-3-5(9-8)7(11)13-2/h3-4H,1-2H3. The van der Waals surface area contributed by atoms with Crippen molar-refractivity contribution < 1.29 is 23.9 Å². The van der Waals surface area contributed by atoms with Crippen LogP contribution >= 0.6 is 0 Å². The van der Waals surface area contributed by atoms with Gasteiger partial charge in [-0.3, -0.25) is 0 Å². The Kier molecular flexibility index (Phi) is 4.83. The summed E-state index contributed by atoms with van der Waals surface area (Å²) in [6, 6.07) is 0. The highest BCUT2D eigenvalue weighted by Crippen LogP contribution is 1.83. The van der Waals surface area contributed by atoms with Gasteiger partial charge in [-0.05, 0) is 0 Å². The maximum absolute atomic E-state index is 10.7. The molecule has 6 heteroatoms. The summed E-state index contributed by atoms with van der Waals surface area (Å²) in [4.78, 5) is 23.9. The van der Waals surface area contributed by atoms with Gasteiger partial charge in [0.05, 0.1) is 14.2 Å². The maximum Gasteiger partial charge on any atom is 0.421 e. The molecule has 6 nitrogen and oxygen atoms in total. The average Bonchev–Trinajstić information content (AvgIpc) is 2.17. The summed E-state index contributed by atoms with van der Waals surface area (Å²) in [6.45, 7) is 0. The van der Waals surface area contributed by atoms with Crippen LogP contribution in [0.1, 0.15) is 0 Å². The third-order valence-electron chi connectivity index (χ3n) is 1.08. The van der Waals surface area contributed by atoms with Crippen LogP contribution in [0.3, 0.4) is 0 Å². The van der Waals surface area contributed by atoms with Gasteiger partial charge in [0.2, 0.25) is 0 Å². The lowest BCUT2D eigenvalue weighted by Crippen LogP contribution is -2.14. The number of rotatable bonds is 3. The minimum Gasteiger partial charge on any atom is -0.466 e. The largest absolute Gasteiger partial charge is 0.466 e. The fourth-order valence-corrected chi connectivity index (χ4v) is 0.462. The molecule has 0 radical (unpaired) electrons. The van der Waals surface area contributed by atoms with Gasteiger partial charge in [-0.1, -0.05) is 0 Å². The second-order valence-electron chi connectivity index (χ2n) is 1.83. The molecule has 0 amide bonds. The van der Waals surface area contributed by atoms with Crippen LogP contribution in [0.25, 0.3) is 5.53 Å². The van der Waals surface area contributed by atoms with Crippen LogP contribution in [0.4, 0.5) is 0 Å². The van der Waals surface area contributed by atoms with Crippen LogP contribution in [0.15, 0.2) is 12.2 Å². The Balaban J connectivity index is 4.49. The quantitative estimate of drug-likeness (QED) is 0.195. The van der Waals surface area contributed by atoms with Gasteiger partial charge in [0, 0.05) is 12.2 Å². The van der Waals surface area contributed by atoms with Crippen molar-refractivity contribution >= 4 is 17.7 Å². The summed E-state index contributed by atoms with van der Waals surface area (Å²) in [7, 11) is 2.31. The molecule has 0 bridgehead atoms. The first kappa shape index (κ1) is 11.1. The zero-order valence-electron chi connectivity index (χ0n) is 7.18.